The molecule has 2 aromatic rings. The van der Waals surface area contributed by atoms with Crippen molar-refractivity contribution in [3.8, 4) is 0 Å². The van der Waals surface area contributed by atoms with Gasteiger partial charge in [0, 0.05) is 31.0 Å². The molecule has 154 valence electrons. The van der Waals surface area contributed by atoms with E-state index in [0.29, 0.717) is 38.1 Å². The Morgan fingerprint density at radius 2 is 1.93 bits per heavy atom. The number of rotatable bonds is 6. The van der Waals surface area contributed by atoms with Crippen LogP contribution in [0.4, 0.5) is 16.2 Å². The SMILES string of the molecule is CCOC(=O)N1CCC(NC(=O)c2cncc(Nc3ccccc3CC)c2)CC1. The maximum absolute atomic E-state index is 12.7. The summed E-state index contributed by atoms with van der Waals surface area (Å²) in [7, 11) is 0. The van der Waals surface area contributed by atoms with Crippen molar-refractivity contribution in [3.63, 3.8) is 0 Å². The van der Waals surface area contributed by atoms with Gasteiger partial charge in [0.15, 0.2) is 0 Å². The predicted molar refractivity (Wildman–Crippen MR) is 112 cm³/mol. The van der Waals surface area contributed by atoms with Gasteiger partial charge >= 0.3 is 6.09 Å². The number of amides is 2. The van der Waals surface area contributed by atoms with Crippen LogP contribution in [0, 0.1) is 0 Å². The van der Waals surface area contributed by atoms with Gasteiger partial charge in [-0.3, -0.25) is 9.78 Å². The second kappa shape index (κ2) is 9.91. The van der Waals surface area contributed by atoms with E-state index < -0.39 is 0 Å². The minimum Gasteiger partial charge on any atom is -0.450 e. The van der Waals surface area contributed by atoms with Gasteiger partial charge in [-0.1, -0.05) is 25.1 Å². The molecular weight excluding hydrogens is 368 g/mol. The lowest BCUT2D eigenvalue weighted by molar-refractivity contribution is 0.0860. The molecule has 29 heavy (non-hydrogen) atoms. The molecule has 0 saturated carbocycles. The fraction of sp³-hybridized carbons (Fsp3) is 0.409. The highest BCUT2D eigenvalue weighted by atomic mass is 16.6. The van der Waals surface area contributed by atoms with Crippen LogP contribution in [0.15, 0.2) is 42.7 Å². The number of nitrogens with zero attached hydrogens (tertiary/aromatic N) is 2. The third-order valence-electron chi connectivity index (χ3n) is 5.03. The molecule has 1 aromatic heterocycles. The summed E-state index contributed by atoms with van der Waals surface area (Å²) in [6.45, 7) is 5.43. The Hall–Kier alpha value is -3.09. The zero-order valence-electron chi connectivity index (χ0n) is 17.0. The lowest BCUT2D eigenvalue weighted by atomic mass is 10.0. The summed E-state index contributed by atoms with van der Waals surface area (Å²) in [6.07, 6.45) is 5.33. The summed E-state index contributed by atoms with van der Waals surface area (Å²) in [6, 6.07) is 9.93. The van der Waals surface area contributed by atoms with Gasteiger partial charge in [0.2, 0.25) is 0 Å². The molecule has 1 aliphatic heterocycles. The quantitative estimate of drug-likeness (QED) is 0.777. The smallest absolute Gasteiger partial charge is 0.409 e. The first-order chi connectivity index (χ1) is 14.1. The summed E-state index contributed by atoms with van der Waals surface area (Å²) in [5.74, 6) is -0.153. The molecule has 0 bridgehead atoms. The topological polar surface area (TPSA) is 83.6 Å². The monoisotopic (exact) mass is 396 g/mol. The number of aromatic nitrogens is 1. The zero-order valence-corrected chi connectivity index (χ0v) is 17.0. The number of hydrogen-bond donors (Lipinski definition) is 2. The van der Waals surface area contributed by atoms with Crippen LogP contribution >= 0.6 is 0 Å². The van der Waals surface area contributed by atoms with E-state index in [1.54, 1.807) is 24.2 Å². The van der Waals surface area contributed by atoms with Crippen molar-refractivity contribution in [1.82, 2.24) is 15.2 Å². The summed E-state index contributed by atoms with van der Waals surface area (Å²) in [4.78, 5) is 30.4. The Kier molecular flexibility index (Phi) is 7.05. The van der Waals surface area contributed by atoms with Crippen molar-refractivity contribution < 1.29 is 14.3 Å². The minimum absolute atomic E-state index is 0.0330. The van der Waals surface area contributed by atoms with Crippen molar-refractivity contribution in [3.05, 3.63) is 53.9 Å². The Bertz CT molecular complexity index is 847. The van der Waals surface area contributed by atoms with E-state index in [-0.39, 0.29) is 18.0 Å². The van der Waals surface area contributed by atoms with Crippen LogP contribution < -0.4 is 10.6 Å². The standard InChI is InChI=1S/C22H28N4O3/c1-3-16-7-5-6-8-20(16)24-19-13-17(14-23-15-19)21(27)25-18-9-11-26(12-10-18)22(28)29-4-2/h5-8,13-15,18,24H,3-4,9-12H2,1-2H3,(H,25,27). The largest absolute Gasteiger partial charge is 0.450 e. The summed E-state index contributed by atoms with van der Waals surface area (Å²) in [5.41, 5.74) is 3.50. The number of nitrogens with one attached hydrogen (secondary N) is 2. The molecule has 2 heterocycles. The molecular formula is C22H28N4O3. The highest BCUT2D eigenvalue weighted by Crippen LogP contribution is 2.21. The number of carbonyl (C=O) groups excluding carboxylic acids is 2. The van der Waals surface area contributed by atoms with Gasteiger partial charge in [-0.2, -0.15) is 0 Å². The van der Waals surface area contributed by atoms with Gasteiger partial charge < -0.3 is 20.3 Å². The van der Waals surface area contributed by atoms with E-state index in [9.17, 15) is 9.59 Å². The molecule has 7 nitrogen and oxygen atoms in total. The van der Waals surface area contributed by atoms with Crippen LogP contribution in [0.2, 0.25) is 0 Å². The first kappa shape index (κ1) is 20.6. The second-order valence-electron chi connectivity index (χ2n) is 7.03. The zero-order chi connectivity index (χ0) is 20.6. The molecule has 7 heteroatoms. The highest BCUT2D eigenvalue weighted by Gasteiger charge is 2.25. The van der Waals surface area contributed by atoms with Crippen molar-refractivity contribution in [1.29, 1.82) is 0 Å². The lowest BCUT2D eigenvalue weighted by Crippen LogP contribution is -2.46. The van der Waals surface area contributed by atoms with Gasteiger partial charge in [0.1, 0.15) is 0 Å². The number of ether oxygens (including phenoxy) is 1. The number of piperidine rings is 1. The van der Waals surface area contributed by atoms with Crippen LogP contribution in [0.25, 0.3) is 0 Å². The predicted octanol–water partition coefficient (Wildman–Crippen LogP) is 3.74. The highest BCUT2D eigenvalue weighted by molar-refractivity contribution is 5.95. The number of likely N-dealkylation sites (tertiary alicyclic amines) is 1. The first-order valence-electron chi connectivity index (χ1n) is 10.1. The molecule has 0 radical (unpaired) electrons. The third-order valence-corrected chi connectivity index (χ3v) is 5.03. The molecule has 2 amide bonds. The lowest BCUT2D eigenvalue weighted by Gasteiger charge is -2.31. The fourth-order valence-corrected chi connectivity index (χ4v) is 3.43. The van der Waals surface area contributed by atoms with Crippen LogP contribution in [-0.2, 0) is 11.2 Å². The number of carbonyl (C=O) groups is 2. The fourth-order valence-electron chi connectivity index (χ4n) is 3.43. The van der Waals surface area contributed by atoms with E-state index in [0.717, 1.165) is 17.8 Å². The second-order valence-corrected chi connectivity index (χ2v) is 7.03. The number of para-hydroxylation sites is 1. The van der Waals surface area contributed by atoms with E-state index in [2.05, 4.69) is 28.6 Å². The number of hydrogen-bond acceptors (Lipinski definition) is 5. The molecule has 0 unspecified atom stereocenters. The van der Waals surface area contributed by atoms with Crippen LogP contribution in [0.1, 0.15) is 42.6 Å². The van der Waals surface area contributed by atoms with Gasteiger partial charge in [0.25, 0.3) is 5.91 Å². The summed E-state index contributed by atoms with van der Waals surface area (Å²) in [5, 5.41) is 6.41. The van der Waals surface area contributed by atoms with Crippen LogP contribution in [0.3, 0.4) is 0 Å². The maximum Gasteiger partial charge on any atom is 0.409 e. The van der Waals surface area contributed by atoms with Crippen LogP contribution in [0.5, 0.6) is 0 Å². The van der Waals surface area contributed by atoms with Gasteiger partial charge in [-0.05, 0) is 43.9 Å². The normalized spacial score (nSPS) is 14.3. The average Bonchev–Trinajstić information content (AvgIpc) is 2.75. The Balaban J connectivity index is 1.58. The molecule has 0 aliphatic carbocycles. The minimum atomic E-state index is -0.285. The summed E-state index contributed by atoms with van der Waals surface area (Å²) < 4.78 is 5.03. The molecule has 2 N–H and O–H groups in total. The van der Waals surface area contributed by atoms with Gasteiger partial charge in [-0.25, -0.2) is 4.79 Å². The Morgan fingerprint density at radius 1 is 1.17 bits per heavy atom. The number of anilines is 2. The third kappa shape index (κ3) is 5.47. The Morgan fingerprint density at radius 3 is 2.66 bits per heavy atom. The molecule has 1 fully saturated rings. The molecule has 1 aromatic carbocycles. The van der Waals surface area contributed by atoms with Gasteiger partial charge in [0.05, 0.1) is 24.1 Å². The van der Waals surface area contributed by atoms with Crippen molar-refractivity contribution in [2.75, 3.05) is 25.0 Å². The van der Waals surface area contributed by atoms with Crippen molar-refractivity contribution in [2.24, 2.45) is 0 Å². The van der Waals surface area contributed by atoms with E-state index in [4.69, 9.17) is 4.74 Å². The van der Waals surface area contributed by atoms with E-state index in [1.165, 1.54) is 5.56 Å². The Labute approximate surface area is 171 Å². The first-order valence-corrected chi connectivity index (χ1v) is 10.1. The summed E-state index contributed by atoms with van der Waals surface area (Å²) >= 11 is 0. The average molecular weight is 396 g/mol. The molecule has 0 atom stereocenters. The number of benzene rings is 1. The van der Waals surface area contributed by atoms with Crippen molar-refractivity contribution in [2.45, 2.75) is 39.2 Å². The molecule has 1 aliphatic rings. The van der Waals surface area contributed by atoms with E-state index >= 15 is 0 Å². The van der Waals surface area contributed by atoms with Gasteiger partial charge in [-0.15, -0.1) is 0 Å². The van der Waals surface area contributed by atoms with E-state index in [1.807, 2.05) is 24.3 Å². The molecule has 0 spiro atoms. The molecule has 1 saturated heterocycles. The number of pyridine rings is 1. The van der Waals surface area contributed by atoms with Crippen molar-refractivity contribution >= 4 is 23.4 Å². The maximum atomic E-state index is 12.7. The molecule has 3 rings (SSSR count). The van der Waals surface area contributed by atoms with Crippen LogP contribution in [-0.4, -0.2) is 47.6 Å². The number of aryl methyl sites for hydroxylation is 1.